The number of amides is 1. The highest BCUT2D eigenvalue weighted by Crippen LogP contribution is 2.32. The van der Waals surface area contributed by atoms with Gasteiger partial charge in [0.1, 0.15) is 5.75 Å². The van der Waals surface area contributed by atoms with Crippen LogP contribution in [0.1, 0.15) is 18.9 Å². The fourth-order valence-corrected chi connectivity index (χ4v) is 4.29. The molecule has 5 nitrogen and oxygen atoms in total. The van der Waals surface area contributed by atoms with Crippen LogP contribution in [0, 0.1) is 5.92 Å². The average molecular weight is 327 g/mol. The van der Waals surface area contributed by atoms with Crippen molar-refractivity contribution < 1.29 is 9.53 Å². The Morgan fingerprint density at radius 1 is 1.38 bits per heavy atom. The van der Waals surface area contributed by atoms with E-state index in [1.165, 1.54) is 6.42 Å². The third-order valence-corrected chi connectivity index (χ3v) is 5.57. The van der Waals surface area contributed by atoms with E-state index in [0.717, 1.165) is 41.9 Å². The van der Waals surface area contributed by atoms with Gasteiger partial charge in [-0.1, -0.05) is 6.07 Å². The summed E-state index contributed by atoms with van der Waals surface area (Å²) in [5.41, 5.74) is 2.06. The van der Waals surface area contributed by atoms with Crippen LogP contribution in [0.3, 0.4) is 0 Å². The molecule has 3 heterocycles. The van der Waals surface area contributed by atoms with Gasteiger partial charge < -0.3 is 19.5 Å². The number of aromatic nitrogens is 1. The van der Waals surface area contributed by atoms with Crippen LogP contribution in [0.25, 0.3) is 10.9 Å². The number of hydrogen-bond donors (Lipinski definition) is 1. The molecule has 0 spiro atoms. The van der Waals surface area contributed by atoms with Crippen molar-refractivity contribution >= 4 is 16.8 Å². The lowest BCUT2D eigenvalue weighted by Gasteiger charge is -2.20. The molecule has 128 valence electrons. The number of nitrogens with one attached hydrogen (secondary N) is 1. The van der Waals surface area contributed by atoms with E-state index in [1.54, 1.807) is 0 Å². The predicted molar refractivity (Wildman–Crippen MR) is 94.3 cm³/mol. The number of carbonyl (C=O) groups is 1. The molecule has 1 aromatic carbocycles. The zero-order valence-corrected chi connectivity index (χ0v) is 14.4. The first-order valence-electron chi connectivity index (χ1n) is 8.87. The van der Waals surface area contributed by atoms with Crippen LogP contribution in [-0.4, -0.2) is 60.0 Å². The molecule has 2 atom stereocenters. The van der Waals surface area contributed by atoms with E-state index in [1.807, 2.05) is 36.2 Å². The Bertz CT molecular complexity index is 754. The van der Waals surface area contributed by atoms with Crippen LogP contribution >= 0.6 is 0 Å². The van der Waals surface area contributed by atoms with Gasteiger partial charge in [0, 0.05) is 36.2 Å². The monoisotopic (exact) mass is 327 g/mol. The molecule has 1 amide bonds. The fourth-order valence-electron chi connectivity index (χ4n) is 4.29. The van der Waals surface area contributed by atoms with Crippen molar-refractivity contribution in [2.45, 2.75) is 25.8 Å². The molecule has 5 heteroatoms. The summed E-state index contributed by atoms with van der Waals surface area (Å²) in [6.45, 7) is 5.56. The number of fused-ring (bicyclic) bond motifs is 2. The topological polar surface area (TPSA) is 48.6 Å². The molecular weight excluding hydrogens is 302 g/mol. The lowest BCUT2D eigenvalue weighted by Crippen LogP contribution is -2.35. The normalized spacial score (nSPS) is 23.8. The Morgan fingerprint density at radius 3 is 3.04 bits per heavy atom. The summed E-state index contributed by atoms with van der Waals surface area (Å²) in [6.07, 6.45) is 3.61. The summed E-state index contributed by atoms with van der Waals surface area (Å²) in [7, 11) is 2.17. The molecule has 0 saturated carbocycles. The molecule has 2 saturated heterocycles. The Hall–Kier alpha value is -2.01. The quantitative estimate of drug-likeness (QED) is 0.937. The Balaban J connectivity index is 1.53. The van der Waals surface area contributed by atoms with Gasteiger partial charge in [-0.3, -0.25) is 4.79 Å². The third kappa shape index (κ3) is 2.57. The van der Waals surface area contributed by atoms with E-state index < -0.39 is 0 Å². The van der Waals surface area contributed by atoms with E-state index in [0.29, 0.717) is 25.0 Å². The second kappa shape index (κ2) is 6.13. The van der Waals surface area contributed by atoms with E-state index in [4.69, 9.17) is 4.74 Å². The molecule has 0 bridgehead atoms. The first kappa shape index (κ1) is 15.5. The molecule has 2 aliphatic heterocycles. The maximum atomic E-state index is 12.8. The number of H-pyrrole nitrogens is 1. The highest BCUT2D eigenvalue weighted by molar-refractivity contribution is 5.93. The minimum atomic E-state index is 0.227. The van der Waals surface area contributed by atoms with Crippen molar-refractivity contribution in [3.8, 4) is 5.75 Å². The van der Waals surface area contributed by atoms with Gasteiger partial charge in [0.15, 0.2) is 0 Å². The number of ether oxygens (including phenoxy) is 1. The molecule has 2 aromatic rings. The first-order valence-corrected chi connectivity index (χ1v) is 8.87. The SMILES string of the molecule is CCOc1cccc2[nH]cc(CC(=O)N3C[C@@H]4CCN(C)[C@@H]4C3)c12. The lowest BCUT2D eigenvalue weighted by molar-refractivity contribution is -0.129. The Labute approximate surface area is 142 Å². The largest absolute Gasteiger partial charge is 0.493 e. The number of rotatable bonds is 4. The Kier molecular flexibility index (Phi) is 3.96. The van der Waals surface area contributed by atoms with Crippen molar-refractivity contribution in [2.24, 2.45) is 5.92 Å². The summed E-state index contributed by atoms with van der Waals surface area (Å²) in [5, 5.41) is 1.05. The standard InChI is InChI=1S/C19H25N3O2/c1-3-24-17-6-4-5-15-19(17)14(10-20-15)9-18(23)22-11-13-7-8-21(2)16(13)12-22/h4-6,10,13,16,20H,3,7-9,11-12H2,1-2H3/t13-,16+/m0/s1. The fraction of sp³-hybridized carbons (Fsp3) is 0.526. The second-order valence-corrected chi connectivity index (χ2v) is 7.00. The molecule has 0 unspecified atom stereocenters. The molecule has 2 aliphatic rings. The molecule has 24 heavy (non-hydrogen) atoms. The molecule has 2 fully saturated rings. The van der Waals surface area contributed by atoms with E-state index in [9.17, 15) is 4.79 Å². The molecule has 4 rings (SSSR count). The summed E-state index contributed by atoms with van der Waals surface area (Å²) in [4.78, 5) is 20.5. The summed E-state index contributed by atoms with van der Waals surface area (Å²) >= 11 is 0. The van der Waals surface area contributed by atoms with E-state index >= 15 is 0 Å². The van der Waals surface area contributed by atoms with Gasteiger partial charge in [0.05, 0.1) is 13.0 Å². The highest BCUT2D eigenvalue weighted by atomic mass is 16.5. The zero-order valence-electron chi connectivity index (χ0n) is 14.4. The molecule has 0 radical (unpaired) electrons. The van der Waals surface area contributed by atoms with Gasteiger partial charge in [0.2, 0.25) is 5.91 Å². The van der Waals surface area contributed by atoms with Crippen molar-refractivity contribution in [3.63, 3.8) is 0 Å². The number of nitrogens with zero attached hydrogens (tertiary/aromatic N) is 2. The smallest absolute Gasteiger partial charge is 0.227 e. The average Bonchev–Trinajstić information content (AvgIpc) is 3.25. The molecule has 1 aromatic heterocycles. The summed E-state index contributed by atoms with van der Waals surface area (Å²) < 4.78 is 5.75. The van der Waals surface area contributed by atoms with E-state index in [2.05, 4.69) is 16.9 Å². The van der Waals surface area contributed by atoms with Gasteiger partial charge in [-0.15, -0.1) is 0 Å². The highest BCUT2D eigenvalue weighted by Gasteiger charge is 2.41. The number of likely N-dealkylation sites (N-methyl/N-ethyl adjacent to an activating group) is 1. The van der Waals surface area contributed by atoms with Gasteiger partial charge in [-0.2, -0.15) is 0 Å². The maximum absolute atomic E-state index is 12.8. The Morgan fingerprint density at radius 2 is 2.25 bits per heavy atom. The number of carbonyl (C=O) groups excluding carboxylic acids is 1. The second-order valence-electron chi connectivity index (χ2n) is 7.00. The first-order chi connectivity index (χ1) is 11.7. The number of benzene rings is 1. The minimum absolute atomic E-state index is 0.227. The zero-order chi connectivity index (χ0) is 16.7. The molecular formula is C19H25N3O2. The van der Waals surface area contributed by atoms with Crippen LogP contribution in [-0.2, 0) is 11.2 Å². The number of aromatic amines is 1. The maximum Gasteiger partial charge on any atom is 0.227 e. The summed E-state index contributed by atoms with van der Waals surface area (Å²) in [6, 6.07) is 6.53. The van der Waals surface area contributed by atoms with Crippen molar-refractivity contribution in [2.75, 3.05) is 33.3 Å². The van der Waals surface area contributed by atoms with Crippen LogP contribution in [0.15, 0.2) is 24.4 Å². The molecule has 0 aliphatic carbocycles. The van der Waals surface area contributed by atoms with Crippen LogP contribution in [0.4, 0.5) is 0 Å². The van der Waals surface area contributed by atoms with Crippen molar-refractivity contribution in [1.82, 2.24) is 14.8 Å². The van der Waals surface area contributed by atoms with Crippen LogP contribution < -0.4 is 4.74 Å². The number of likely N-dealkylation sites (tertiary alicyclic amines) is 2. The lowest BCUT2D eigenvalue weighted by atomic mass is 10.1. The predicted octanol–water partition coefficient (Wildman–Crippen LogP) is 2.27. The van der Waals surface area contributed by atoms with Crippen LogP contribution in [0.5, 0.6) is 5.75 Å². The molecule has 1 N–H and O–H groups in total. The third-order valence-electron chi connectivity index (χ3n) is 5.57. The van der Waals surface area contributed by atoms with Gasteiger partial charge in [-0.25, -0.2) is 0 Å². The minimum Gasteiger partial charge on any atom is -0.493 e. The number of hydrogen-bond acceptors (Lipinski definition) is 3. The van der Waals surface area contributed by atoms with Gasteiger partial charge in [0.25, 0.3) is 0 Å². The van der Waals surface area contributed by atoms with E-state index in [-0.39, 0.29) is 5.91 Å². The van der Waals surface area contributed by atoms with Gasteiger partial charge >= 0.3 is 0 Å². The van der Waals surface area contributed by atoms with Crippen LogP contribution in [0.2, 0.25) is 0 Å². The summed E-state index contributed by atoms with van der Waals surface area (Å²) in [5.74, 6) is 1.74. The van der Waals surface area contributed by atoms with Gasteiger partial charge in [-0.05, 0) is 50.6 Å². The van der Waals surface area contributed by atoms with Crippen molar-refractivity contribution in [3.05, 3.63) is 30.0 Å². The van der Waals surface area contributed by atoms with Crippen molar-refractivity contribution in [1.29, 1.82) is 0 Å².